The number of allylic oxidation sites excluding steroid dienone is 2. The number of thiophene rings is 1. The van der Waals surface area contributed by atoms with Crippen LogP contribution < -0.4 is 15.4 Å². The molecule has 0 fully saturated rings. The van der Waals surface area contributed by atoms with E-state index >= 15 is 0 Å². The van der Waals surface area contributed by atoms with Gasteiger partial charge in [0.2, 0.25) is 0 Å². The Morgan fingerprint density at radius 1 is 1.21 bits per heavy atom. The molecule has 0 unspecified atom stereocenters. The molecule has 4 rings (SSSR count). The van der Waals surface area contributed by atoms with Crippen molar-refractivity contribution in [3.05, 3.63) is 103 Å². The lowest BCUT2D eigenvalue weighted by molar-refractivity contribution is -0.113. The third-order valence-corrected chi connectivity index (χ3v) is 7.65. The Morgan fingerprint density at radius 2 is 1.97 bits per heavy atom. The maximum Gasteiger partial charge on any atom is 0.254 e. The zero-order chi connectivity index (χ0) is 24.1. The molecule has 0 radical (unpaired) electrons. The van der Waals surface area contributed by atoms with Crippen LogP contribution in [0.5, 0.6) is 5.75 Å². The van der Waals surface area contributed by atoms with Crippen molar-refractivity contribution in [1.82, 2.24) is 5.32 Å². The number of para-hydroxylation sites is 2. The first kappa shape index (κ1) is 24.0. The van der Waals surface area contributed by atoms with E-state index < -0.39 is 5.92 Å². The van der Waals surface area contributed by atoms with E-state index in [4.69, 9.17) is 16.3 Å². The molecule has 2 aromatic carbocycles. The number of ether oxygens (including phenoxy) is 1. The number of carbonyl (C=O) groups excluding carboxylic acids is 1. The van der Waals surface area contributed by atoms with Crippen LogP contribution in [0.3, 0.4) is 0 Å². The summed E-state index contributed by atoms with van der Waals surface area (Å²) in [4.78, 5) is 14.5. The van der Waals surface area contributed by atoms with Crippen molar-refractivity contribution in [3.8, 4) is 11.8 Å². The fourth-order valence-corrected chi connectivity index (χ4v) is 5.76. The van der Waals surface area contributed by atoms with E-state index in [1.54, 1.807) is 19.2 Å². The Morgan fingerprint density at radius 3 is 2.65 bits per heavy atom. The van der Waals surface area contributed by atoms with Crippen molar-refractivity contribution < 1.29 is 9.53 Å². The highest BCUT2D eigenvalue weighted by atomic mass is 35.5. The molecule has 0 spiro atoms. The quantitative estimate of drug-likeness (QED) is 0.373. The monoisotopic (exact) mass is 507 g/mol. The average molecular weight is 508 g/mol. The number of amides is 1. The highest BCUT2D eigenvalue weighted by Crippen LogP contribution is 2.43. The van der Waals surface area contributed by atoms with Gasteiger partial charge >= 0.3 is 0 Å². The molecule has 1 aliphatic rings. The maximum atomic E-state index is 13.5. The van der Waals surface area contributed by atoms with Gasteiger partial charge in [0.1, 0.15) is 5.75 Å². The molecule has 34 heavy (non-hydrogen) atoms. The Labute approximate surface area is 212 Å². The van der Waals surface area contributed by atoms with Crippen molar-refractivity contribution in [2.45, 2.75) is 18.6 Å². The summed E-state index contributed by atoms with van der Waals surface area (Å²) in [6, 6.07) is 21.2. The van der Waals surface area contributed by atoms with Crippen molar-refractivity contribution in [1.29, 1.82) is 5.26 Å². The molecule has 0 aliphatic carbocycles. The number of rotatable bonds is 7. The second-order valence-electron chi connectivity index (χ2n) is 7.54. The molecule has 5 nitrogen and oxygen atoms in total. The normalized spacial score (nSPS) is 15.5. The molecule has 2 N–H and O–H groups in total. The minimum atomic E-state index is -0.464. The topological polar surface area (TPSA) is 74.2 Å². The molecule has 0 saturated carbocycles. The van der Waals surface area contributed by atoms with Gasteiger partial charge in [-0.1, -0.05) is 41.9 Å². The van der Waals surface area contributed by atoms with Gasteiger partial charge in [0.15, 0.2) is 0 Å². The Bertz CT molecular complexity index is 1290. The van der Waals surface area contributed by atoms with Gasteiger partial charge in [-0.15, -0.1) is 23.1 Å². The van der Waals surface area contributed by atoms with E-state index in [1.807, 2.05) is 60.8 Å². The summed E-state index contributed by atoms with van der Waals surface area (Å²) in [5, 5.41) is 19.9. The second-order valence-corrected chi connectivity index (χ2v) is 9.94. The third-order valence-electron chi connectivity index (χ3n) is 5.37. The number of anilines is 1. The molecule has 3 aromatic rings. The molecular weight excluding hydrogens is 486 g/mol. The molecule has 1 aliphatic heterocycles. The summed E-state index contributed by atoms with van der Waals surface area (Å²) < 4.78 is 5.38. The summed E-state index contributed by atoms with van der Waals surface area (Å²) in [5.74, 6) is 0.495. The summed E-state index contributed by atoms with van der Waals surface area (Å²) in [6.45, 7) is 1.87. The fraction of sp³-hybridized carbons (Fsp3) is 0.154. The van der Waals surface area contributed by atoms with Gasteiger partial charge in [-0.25, -0.2) is 0 Å². The van der Waals surface area contributed by atoms with E-state index in [0.29, 0.717) is 39.1 Å². The number of benzene rings is 2. The Hall–Kier alpha value is -3.18. The molecule has 8 heteroatoms. The maximum absolute atomic E-state index is 13.5. The number of nitrogens with zero attached hydrogens (tertiary/aromatic N) is 1. The first-order valence-electron chi connectivity index (χ1n) is 10.5. The third kappa shape index (κ3) is 5.15. The number of nitrogens with one attached hydrogen (secondary N) is 2. The standard InChI is InChI=1S/C26H22ClN3O2S2/c1-16-23(25(31)30-20-6-3-4-7-21(20)32-2)24(22-8-5-13-33-22)19(14-28)26(29-16)34-15-17-9-11-18(27)12-10-17/h3-13,24,29H,15H2,1-2H3,(H,30,31)/t24-/m1/s1. The smallest absolute Gasteiger partial charge is 0.254 e. The molecular formula is C26H22ClN3O2S2. The fourth-order valence-electron chi connectivity index (χ4n) is 3.74. The van der Waals surface area contributed by atoms with Crippen LogP contribution in [0.15, 0.2) is 87.9 Å². The van der Waals surface area contributed by atoms with Gasteiger partial charge in [-0.05, 0) is 48.2 Å². The van der Waals surface area contributed by atoms with Gasteiger partial charge in [0.05, 0.1) is 35.4 Å². The van der Waals surface area contributed by atoms with E-state index in [1.165, 1.54) is 23.1 Å². The minimum absolute atomic E-state index is 0.276. The molecule has 172 valence electrons. The highest BCUT2D eigenvalue weighted by molar-refractivity contribution is 8.02. The van der Waals surface area contributed by atoms with Gasteiger partial charge in [-0.3, -0.25) is 4.79 Å². The van der Waals surface area contributed by atoms with Crippen LogP contribution in [-0.2, 0) is 10.5 Å². The summed E-state index contributed by atoms with van der Waals surface area (Å²) in [6.07, 6.45) is 0. The number of thioether (sulfide) groups is 1. The second kappa shape index (κ2) is 10.8. The van der Waals surface area contributed by atoms with Crippen LogP contribution in [0.4, 0.5) is 5.69 Å². The first-order chi connectivity index (χ1) is 16.5. The van der Waals surface area contributed by atoms with Crippen molar-refractivity contribution in [2.24, 2.45) is 0 Å². The number of nitriles is 1. The van der Waals surface area contributed by atoms with Crippen LogP contribution in [0.1, 0.15) is 23.3 Å². The minimum Gasteiger partial charge on any atom is -0.495 e. The predicted molar refractivity (Wildman–Crippen MR) is 140 cm³/mol. The SMILES string of the molecule is COc1ccccc1NC(=O)C1=C(C)NC(SCc2ccc(Cl)cc2)=C(C#N)[C@@H]1c1cccs1. The Balaban J connectivity index is 1.67. The molecule has 0 bridgehead atoms. The number of carbonyl (C=O) groups is 1. The average Bonchev–Trinajstić information content (AvgIpc) is 3.38. The largest absolute Gasteiger partial charge is 0.495 e. The van der Waals surface area contributed by atoms with Crippen molar-refractivity contribution >= 4 is 46.3 Å². The van der Waals surface area contributed by atoms with E-state index in [2.05, 4.69) is 16.7 Å². The van der Waals surface area contributed by atoms with Crippen molar-refractivity contribution in [2.75, 3.05) is 12.4 Å². The van der Waals surface area contributed by atoms with Crippen LogP contribution in [0.25, 0.3) is 0 Å². The zero-order valence-corrected chi connectivity index (χ0v) is 21.0. The lowest BCUT2D eigenvalue weighted by Gasteiger charge is -2.29. The van der Waals surface area contributed by atoms with Crippen LogP contribution >= 0.6 is 34.7 Å². The molecule has 2 heterocycles. The van der Waals surface area contributed by atoms with Crippen LogP contribution in [-0.4, -0.2) is 13.0 Å². The summed E-state index contributed by atoms with van der Waals surface area (Å²) in [7, 11) is 1.56. The number of hydrogen-bond donors (Lipinski definition) is 2. The number of dihydropyridines is 1. The molecule has 0 saturated heterocycles. The molecule has 1 atom stereocenters. The van der Waals surface area contributed by atoms with Gasteiger partial charge in [0.25, 0.3) is 5.91 Å². The summed E-state index contributed by atoms with van der Waals surface area (Å²) >= 11 is 9.07. The number of hydrogen-bond acceptors (Lipinski definition) is 6. The van der Waals surface area contributed by atoms with Crippen LogP contribution in [0, 0.1) is 11.3 Å². The van der Waals surface area contributed by atoms with Crippen molar-refractivity contribution in [3.63, 3.8) is 0 Å². The zero-order valence-electron chi connectivity index (χ0n) is 18.6. The molecule has 1 amide bonds. The lowest BCUT2D eigenvalue weighted by Crippen LogP contribution is -2.30. The lowest BCUT2D eigenvalue weighted by atomic mass is 9.86. The Kier molecular flexibility index (Phi) is 7.63. The van der Waals surface area contributed by atoms with E-state index in [9.17, 15) is 10.1 Å². The summed E-state index contributed by atoms with van der Waals surface area (Å²) in [5.41, 5.74) is 3.42. The van der Waals surface area contributed by atoms with Gasteiger partial charge < -0.3 is 15.4 Å². The number of halogens is 1. The van der Waals surface area contributed by atoms with Gasteiger partial charge in [0, 0.05) is 26.9 Å². The predicted octanol–water partition coefficient (Wildman–Crippen LogP) is 6.68. The van der Waals surface area contributed by atoms with E-state index in [-0.39, 0.29) is 5.91 Å². The van der Waals surface area contributed by atoms with Gasteiger partial charge in [-0.2, -0.15) is 5.26 Å². The number of methoxy groups -OCH3 is 1. The van der Waals surface area contributed by atoms with Crippen LogP contribution in [0.2, 0.25) is 5.02 Å². The van der Waals surface area contributed by atoms with E-state index in [0.717, 1.165) is 15.5 Å². The molecule has 1 aromatic heterocycles. The first-order valence-corrected chi connectivity index (χ1v) is 12.7. The highest BCUT2D eigenvalue weighted by Gasteiger charge is 2.35.